The van der Waals surface area contributed by atoms with Crippen molar-refractivity contribution >= 4 is 47.0 Å². The van der Waals surface area contributed by atoms with Crippen LogP contribution in [0, 0.1) is 10.8 Å². The third-order valence-electron chi connectivity index (χ3n) is 5.42. The number of carbonyl (C=O) groups excluding carboxylic acids is 1. The van der Waals surface area contributed by atoms with E-state index in [2.05, 4.69) is 20.9 Å². The minimum Gasteiger partial charge on any atom is -0.480 e. The second-order valence-electron chi connectivity index (χ2n) is 9.09. The van der Waals surface area contributed by atoms with Gasteiger partial charge in [-0.3, -0.25) is 20.6 Å². The van der Waals surface area contributed by atoms with Gasteiger partial charge >= 0.3 is 11.9 Å². The largest absolute Gasteiger partial charge is 0.480 e. The topological polar surface area (TPSA) is 188 Å². The highest BCUT2D eigenvalue weighted by atomic mass is 32.2. The molecule has 0 rings (SSSR count). The maximum atomic E-state index is 12.1. The highest BCUT2D eigenvalue weighted by Gasteiger charge is 2.19. The number of aliphatic carboxylic acids is 2. The minimum absolute atomic E-state index is 0.257. The summed E-state index contributed by atoms with van der Waals surface area (Å²) in [4.78, 5) is 39.4. The predicted molar refractivity (Wildman–Crippen MR) is 150 cm³/mol. The number of hydrogen-bond donors (Lipinski definition) is 7. The van der Waals surface area contributed by atoms with Crippen molar-refractivity contribution in [1.29, 1.82) is 10.8 Å². The molecule has 7 N–H and O–H groups in total. The Hall–Kier alpha value is -2.63. The molecule has 0 saturated heterocycles. The lowest BCUT2D eigenvalue weighted by Crippen LogP contribution is -2.40. The molecule has 0 radical (unpaired) electrons. The fourth-order valence-corrected chi connectivity index (χ4v) is 4.35. The van der Waals surface area contributed by atoms with Crippen molar-refractivity contribution in [3.8, 4) is 0 Å². The van der Waals surface area contributed by atoms with Gasteiger partial charge in [-0.1, -0.05) is 0 Å². The zero-order chi connectivity index (χ0) is 28.1. The van der Waals surface area contributed by atoms with Crippen LogP contribution in [0.5, 0.6) is 0 Å². The van der Waals surface area contributed by atoms with Crippen LogP contribution < -0.4 is 16.0 Å². The second-order valence-corrected chi connectivity index (χ2v) is 10.3. The Morgan fingerprint density at radius 3 is 1.84 bits per heavy atom. The molecule has 212 valence electrons. The molecule has 0 aromatic heterocycles. The van der Waals surface area contributed by atoms with Gasteiger partial charge in [-0.25, -0.2) is 9.59 Å². The summed E-state index contributed by atoms with van der Waals surface area (Å²) >= 11 is 1.71. The van der Waals surface area contributed by atoms with Gasteiger partial charge in [0, 0.05) is 25.2 Å². The van der Waals surface area contributed by atoms with Gasteiger partial charge in [0.15, 0.2) is 0 Å². The van der Waals surface area contributed by atoms with Gasteiger partial charge in [-0.05, 0) is 90.1 Å². The number of unbranched alkanes of at least 4 members (excludes halogenated alkanes) is 2. The molecule has 0 heterocycles. The van der Waals surface area contributed by atoms with Crippen molar-refractivity contribution in [3.05, 3.63) is 0 Å². The molecule has 2 unspecified atom stereocenters. The molecule has 0 bridgehead atoms. The van der Waals surface area contributed by atoms with Crippen LogP contribution in [0.4, 0.5) is 0 Å². The predicted octanol–water partition coefficient (Wildman–Crippen LogP) is 3.28. The van der Waals surface area contributed by atoms with Crippen LogP contribution in [0.2, 0.25) is 0 Å². The second kappa shape index (κ2) is 21.5. The van der Waals surface area contributed by atoms with Crippen molar-refractivity contribution < 1.29 is 24.6 Å². The van der Waals surface area contributed by atoms with Crippen LogP contribution in [0.25, 0.3) is 0 Å². The molecule has 0 saturated carbocycles. The Morgan fingerprint density at radius 2 is 1.32 bits per heavy atom. The number of thioether (sulfide) groups is 1. The van der Waals surface area contributed by atoms with Crippen molar-refractivity contribution in [2.75, 3.05) is 24.6 Å². The van der Waals surface area contributed by atoms with E-state index < -0.39 is 24.0 Å². The van der Waals surface area contributed by atoms with Gasteiger partial charge in [-0.2, -0.15) is 11.8 Å². The molecule has 1 amide bonds. The maximum Gasteiger partial charge on any atom is 0.328 e. The van der Waals surface area contributed by atoms with E-state index in [0.29, 0.717) is 50.4 Å². The standard InChI is InChI=1S/C25H46N6O5S/c1-18(30-21(24(33)34)11-4-6-14-28-19(2)26)10-8-16-37-17-9-13-23(32)31-22(25(35)36)12-5-7-15-29-20(3)27/h21-22H,4-17H2,1-3H3,(H2,26,28)(H2,27,29)(H,31,32)(H,33,34)(H,35,36). The first kappa shape index (κ1) is 34.4. The van der Waals surface area contributed by atoms with Crippen molar-refractivity contribution in [2.24, 2.45) is 4.99 Å². The monoisotopic (exact) mass is 542 g/mol. The van der Waals surface area contributed by atoms with Gasteiger partial charge in [0.25, 0.3) is 0 Å². The third kappa shape index (κ3) is 21.2. The number of nitrogens with one attached hydrogen (secondary N) is 5. The average molecular weight is 543 g/mol. The summed E-state index contributed by atoms with van der Waals surface area (Å²) in [5.74, 6) is 0.246. The van der Waals surface area contributed by atoms with Gasteiger partial charge in [0.1, 0.15) is 12.1 Å². The van der Waals surface area contributed by atoms with E-state index in [1.54, 1.807) is 25.6 Å². The molecule has 0 aliphatic carbocycles. The van der Waals surface area contributed by atoms with Gasteiger partial charge in [0.2, 0.25) is 5.91 Å². The van der Waals surface area contributed by atoms with Crippen LogP contribution in [0.15, 0.2) is 4.99 Å². The molecule has 0 aliphatic heterocycles. The van der Waals surface area contributed by atoms with Crippen molar-refractivity contribution in [2.45, 2.75) is 97.1 Å². The van der Waals surface area contributed by atoms with Crippen LogP contribution in [-0.2, 0) is 14.4 Å². The van der Waals surface area contributed by atoms with E-state index in [1.165, 1.54) is 0 Å². The summed E-state index contributed by atoms with van der Waals surface area (Å²) in [7, 11) is 0. The summed E-state index contributed by atoms with van der Waals surface area (Å²) in [5.41, 5.74) is 0.823. The lowest BCUT2D eigenvalue weighted by Gasteiger charge is -2.14. The van der Waals surface area contributed by atoms with E-state index in [0.717, 1.165) is 49.3 Å². The zero-order valence-electron chi connectivity index (χ0n) is 22.5. The van der Waals surface area contributed by atoms with E-state index in [1.807, 2.05) is 6.92 Å². The summed E-state index contributed by atoms with van der Waals surface area (Å²) in [6.45, 7) is 6.45. The Morgan fingerprint density at radius 1 is 0.784 bits per heavy atom. The van der Waals surface area contributed by atoms with E-state index in [9.17, 15) is 24.6 Å². The SMILES string of the molecule is CC(=N)NCCCCC(N=C(C)CCCSCCCC(=O)NC(CCCCNC(C)=N)C(=O)O)C(=O)O. The number of carboxylic acid groups (broad SMARTS) is 2. The fraction of sp³-hybridized carbons (Fsp3) is 0.760. The van der Waals surface area contributed by atoms with Gasteiger partial charge < -0.3 is 26.2 Å². The Labute approximate surface area is 225 Å². The summed E-state index contributed by atoms with van der Waals surface area (Å²) < 4.78 is 0. The number of carbonyl (C=O) groups is 3. The lowest BCUT2D eigenvalue weighted by atomic mass is 10.1. The van der Waals surface area contributed by atoms with Crippen LogP contribution in [-0.4, -0.2) is 82.1 Å². The molecule has 0 aromatic rings. The normalized spacial score (nSPS) is 12.9. The first-order valence-corrected chi connectivity index (χ1v) is 14.1. The molecule has 0 aliphatic rings. The first-order valence-electron chi connectivity index (χ1n) is 13.0. The quantitative estimate of drug-likeness (QED) is 0.0616. The summed E-state index contributed by atoms with van der Waals surface area (Å²) in [5, 5.41) is 41.7. The van der Waals surface area contributed by atoms with Crippen LogP contribution in [0.3, 0.4) is 0 Å². The van der Waals surface area contributed by atoms with Crippen LogP contribution >= 0.6 is 11.8 Å². The molecule has 12 heteroatoms. The number of amides is 1. The van der Waals surface area contributed by atoms with Gasteiger partial charge in [-0.15, -0.1) is 0 Å². The third-order valence-corrected chi connectivity index (χ3v) is 6.57. The minimum atomic E-state index is -1.03. The Balaban J connectivity index is 4.05. The summed E-state index contributed by atoms with van der Waals surface area (Å²) in [6.07, 6.45) is 6.27. The number of carboxylic acids is 2. The smallest absolute Gasteiger partial charge is 0.328 e. The maximum absolute atomic E-state index is 12.1. The number of amidine groups is 2. The van der Waals surface area contributed by atoms with E-state index >= 15 is 0 Å². The number of hydrogen-bond acceptors (Lipinski definition) is 7. The van der Waals surface area contributed by atoms with E-state index in [4.69, 9.17) is 10.8 Å². The number of aliphatic imine (C=N–C) groups is 1. The molecule has 2 atom stereocenters. The molecule has 0 spiro atoms. The molecule has 37 heavy (non-hydrogen) atoms. The van der Waals surface area contributed by atoms with Crippen molar-refractivity contribution in [3.63, 3.8) is 0 Å². The number of rotatable bonds is 22. The van der Waals surface area contributed by atoms with Crippen molar-refractivity contribution in [1.82, 2.24) is 16.0 Å². The fourth-order valence-electron chi connectivity index (χ4n) is 3.45. The molecule has 11 nitrogen and oxygen atoms in total. The van der Waals surface area contributed by atoms with E-state index in [-0.39, 0.29) is 12.3 Å². The molecule has 0 fully saturated rings. The summed E-state index contributed by atoms with van der Waals surface area (Å²) in [6, 6.07) is -1.62. The Kier molecular flexibility index (Phi) is 19.9. The average Bonchev–Trinajstić information content (AvgIpc) is 2.80. The number of nitrogens with zero attached hydrogens (tertiary/aromatic N) is 1. The highest BCUT2D eigenvalue weighted by Crippen LogP contribution is 2.11. The van der Waals surface area contributed by atoms with Crippen LogP contribution in [0.1, 0.15) is 85.0 Å². The lowest BCUT2D eigenvalue weighted by molar-refractivity contribution is -0.142. The highest BCUT2D eigenvalue weighted by molar-refractivity contribution is 7.99. The molecular weight excluding hydrogens is 496 g/mol. The van der Waals surface area contributed by atoms with Gasteiger partial charge in [0.05, 0.1) is 11.7 Å². The Bertz CT molecular complexity index is 762. The zero-order valence-corrected chi connectivity index (χ0v) is 23.3. The first-order chi connectivity index (χ1) is 17.5. The molecular formula is C25H46N6O5S. The molecule has 0 aromatic carbocycles.